The molecule has 0 spiro atoms. The number of benzene rings is 1. The lowest BCUT2D eigenvalue weighted by atomic mass is 10.1. The van der Waals surface area contributed by atoms with Gasteiger partial charge in [0.25, 0.3) is 0 Å². The molecular weight excluding hydrogens is 192 g/mol. The van der Waals surface area contributed by atoms with Crippen molar-refractivity contribution in [3.63, 3.8) is 0 Å². The number of hydrogen-bond acceptors (Lipinski definition) is 2. The summed E-state index contributed by atoms with van der Waals surface area (Å²) in [5.74, 6) is -0.900. The quantitative estimate of drug-likeness (QED) is 0.791. The molecule has 1 heterocycles. The molecule has 2 aromatic rings. The smallest absolute Gasteiger partial charge is 0.335 e. The molecule has 0 unspecified atom stereocenters. The average molecular weight is 204 g/mol. The number of carboxylic acid groups (broad SMARTS) is 1. The molecule has 0 saturated carbocycles. The maximum atomic E-state index is 10.8. The Morgan fingerprint density at radius 2 is 2.20 bits per heavy atom. The molecule has 4 nitrogen and oxygen atoms in total. The van der Waals surface area contributed by atoms with Crippen molar-refractivity contribution in [1.29, 1.82) is 0 Å². The molecule has 0 bridgehead atoms. The van der Waals surface area contributed by atoms with Gasteiger partial charge in [-0.25, -0.2) is 4.79 Å². The third kappa shape index (κ3) is 1.71. The first kappa shape index (κ1) is 9.73. The number of rotatable bonds is 3. The van der Waals surface area contributed by atoms with Crippen LogP contribution in [0.5, 0.6) is 0 Å². The first-order chi connectivity index (χ1) is 7.22. The lowest BCUT2D eigenvalue weighted by Gasteiger charge is -2.02. The largest absolute Gasteiger partial charge is 0.478 e. The van der Waals surface area contributed by atoms with Crippen molar-refractivity contribution in [2.45, 2.75) is 6.54 Å². The first-order valence-electron chi connectivity index (χ1n) is 4.74. The minimum Gasteiger partial charge on any atom is -0.478 e. The van der Waals surface area contributed by atoms with E-state index in [0.29, 0.717) is 12.1 Å². The van der Waals surface area contributed by atoms with Crippen molar-refractivity contribution in [3.05, 3.63) is 36.0 Å². The number of fused-ring (bicyclic) bond motifs is 1. The van der Waals surface area contributed by atoms with Crippen LogP contribution in [0.15, 0.2) is 30.5 Å². The summed E-state index contributed by atoms with van der Waals surface area (Å²) >= 11 is 0. The summed E-state index contributed by atoms with van der Waals surface area (Å²) in [6.45, 7) is 1.32. The molecule has 15 heavy (non-hydrogen) atoms. The summed E-state index contributed by atoms with van der Waals surface area (Å²) in [5, 5.41) is 9.76. The van der Waals surface area contributed by atoms with Gasteiger partial charge >= 0.3 is 5.97 Å². The molecular formula is C11H12N2O2. The summed E-state index contributed by atoms with van der Waals surface area (Å²) < 4.78 is 2.01. The summed E-state index contributed by atoms with van der Waals surface area (Å²) in [5.41, 5.74) is 6.81. The number of hydrogen-bond donors (Lipinski definition) is 2. The molecule has 0 aliphatic rings. The van der Waals surface area contributed by atoms with Gasteiger partial charge in [-0.3, -0.25) is 0 Å². The van der Waals surface area contributed by atoms with Gasteiger partial charge in [-0.05, 0) is 24.3 Å². The van der Waals surface area contributed by atoms with E-state index >= 15 is 0 Å². The SMILES string of the molecule is NCCn1ccc2cc(C(=O)O)ccc21. The molecule has 78 valence electrons. The Balaban J connectivity index is 2.51. The van der Waals surface area contributed by atoms with Crippen molar-refractivity contribution < 1.29 is 9.90 Å². The van der Waals surface area contributed by atoms with Crippen LogP contribution in [0.3, 0.4) is 0 Å². The van der Waals surface area contributed by atoms with Crippen molar-refractivity contribution in [3.8, 4) is 0 Å². The number of carboxylic acids is 1. The van der Waals surface area contributed by atoms with E-state index in [1.807, 2.05) is 22.9 Å². The average Bonchev–Trinajstić information content (AvgIpc) is 2.61. The molecule has 0 fully saturated rings. The Bertz CT molecular complexity index is 502. The Labute approximate surface area is 86.9 Å². The van der Waals surface area contributed by atoms with E-state index in [1.165, 1.54) is 0 Å². The molecule has 0 saturated heterocycles. The van der Waals surface area contributed by atoms with Crippen molar-refractivity contribution in [2.24, 2.45) is 5.73 Å². The van der Waals surface area contributed by atoms with Gasteiger partial charge in [-0.2, -0.15) is 0 Å². The summed E-state index contributed by atoms with van der Waals surface area (Å²) in [6.07, 6.45) is 1.92. The second kappa shape index (κ2) is 3.74. The summed E-state index contributed by atoms with van der Waals surface area (Å²) in [4.78, 5) is 10.8. The van der Waals surface area contributed by atoms with Gasteiger partial charge in [-0.1, -0.05) is 0 Å². The van der Waals surface area contributed by atoms with Crippen LogP contribution in [0.1, 0.15) is 10.4 Å². The Hall–Kier alpha value is -1.81. The van der Waals surface area contributed by atoms with E-state index < -0.39 is 5.97 Å². The van der Waals surface area contributed by atoms with Gasteiger partial charge in [0, 0.05) is 30.2 Å². The molecule has 2 rings (SSSR count). The minimum absolute atomic E-state index is 0.313. The standard InChI is InChI=1S/C11H12N2O2/c12-4-6-13-5-3-8-7-9(11(14)15)1-2-10(8)13/h1-3,5,7H,4,6,12H2,(H,14,15). The Morgan fingerprint density at radius 1 is 1.40 bits per heavy atom. The van der Waals surface area contributed by atoms with Crippen LogP contribution in [-0.2, 0) is 6.54 Å². The highest BCUT2D eigenvalue weighted by Crippen LogP contribution is 2.17. The molecule has 0 amide bonds. The third-order valence-corrected chi connectivity index (χ3v) is 2.39. The van der Waals surface area contributed by atoms with Crippen molar-refractivity contribution in [1.82, 2.24) is 4.57 Å². The van der Waals surface area contributed by atoms with Gasteiger partial charge in [0.05, 0.1) is 5.56 Å². The van der Waals surface area contributed by atoms with Crippen LogP contribution in [-0.4, -0.2) is 22.2 Å². The minimum atomic E-state index is -0.900. The van der Waals surface area contributed by atoms with Crippen molar-refractivity contribution >= 4 is 16.9 Å². The van der Waals surface area contributed by atoms with Crippen molar-refractivity contribution in [2.75, 3.05) is 6.54 Å². The van der Waals surface area contributed by atoms with Crippen LogP contribution in [0.25, 0.3) is 10.9 Å². The monoisotopic (exact) mass is 204 g/mol. The molecule has 0 aliphatic heterocycles. The van der Waals surface area contributed by atoms with Crippen LogP contribution >= 0.6 is 0 Å². The van der Waals surface area contributed by atoms with Crippen LogP contribution in [0, 0.1) is 0 Å². The predicted molar refractivity (Wildman–Crippen MR) is 58.0 cm³/mol. The highest BCUT2D eigenvalue weighted by molar-refractivity contribution is 5.93. The maximum Gasteiger partial charge on any atom is 0.335 e. The fourth-order valence-electron chi connectivity index (χ4n) is 1.67. The van der Waals surface area contributed by atoms with Gasteiger partial charge in [0.15, 0.2) is 0 Å². The molecule has 0 aliphatic carbocycles. The number of nitrogens with two attached hydrogens (primary N) is 1. The molecule has 1 aromatic carbocycles. The van der Waals surface area contributed by atoms with E-state index in [-0.39, 0.29) is 0 Å². The first-order valence-corrected chi connectivity index (χ1v) is 4.74. The molecule has 1 aromatic heterocycles. The Kier molecular flexibility index (Phi) is 2.43. The lowest BCUT2D eigenvalue weighted by Crippen LogP contribution is -2.08. The molecule has 0 radical (unpaired) electrons. The van der Waals surface area contributed by atoms with E-state index in [0.717, 1.165) is 17.4 Å². The second-order valence-corrected chi connectivity index (χ2v) is 3.38. The number of carbonyl (C=O) groups is 1. The molecule has 3 N–H and O–H groups in total. The van der Waals surface area contributed by atoms with Gasteiger partial charge in [0.2, 0.25) is 0 Å². The highest BCUT2D eigenvalue weighted by Gasteiger charge is 2.05. The van der Waals surface area contributed by atoms with E-state index in [9.17, 15) is 4.79 Å². The van der Waals surface area contributed by atoms with Crippen LogP contribution < -0.4 is 5.73 Å². The molecule has 0 atom stereocenters. The fourth-order valence-corrected chi connectivity index (χ4v) is 1.67. The van der Waals surface area contributed by atoms with Gasteiger partial charge in [-0.15, -0.1) is 0 Å². The van der Waals surface area contributed by atoms with Crippen LogP contribution in [0.2, 0.25) is 0 Å². The van der Waals surface area contributed by atoms with E-state index in [2.05, 4.69) is 0 Å². The van der Waals surface area contributed by atoms with Gasteiger partial charge < -0.3 is 15.4 Å². The summed E-state index contributed by atoms with van der Waals surface area (Å²) in [7, 11) is 0. The normalized spacial score (nSPS) is 10.7. The third-order valence-electron chi connectivity index (χ3n) is 2.39. The number of aromatic nitrogens is 1. The maximum absolute atomic E-state index is 10.8. The fraction of sp³-hybridized carbons (Fsp3) is 0.182. The Morgan fingerprint density at radius 3 is 2.87 bits per heavy atom. The second-order valence-electron chi connectivity index (χ2n) is 3.38. The van der Waals surface area contributed by atoms with Crippen LogP contribution in [0.4, 0.5) is 0 Å². The summed E-state index contributed by atoms with van der Waals surface area (Å²) in [6, 6.07) is 6.99. The van der Waals surface area contributed by atoms with E-state index in [4.69, 9.17) is 10.8 Å². The van der Waals surface area contributed by atoms with Gasteiger partial charge in [0.1, 0.15) is 0 Å². The predicted octanol–water partition coefficient (Wildman–Crippen LogP) is 1.30. The topological polar surface area (TPSA) is 68.2 Å². The number of aromatic carboxylic acids is 1. The lowest BCUT2D eigenvalue weighted by molar-refractivity contribution is 0.0697. The van der Waals surface area contributed by atoms with E-state index in [1.54, 1.807) is 12.1 Å². The number of nitrogens with zero attached hydrogens (tertiary/aromatic N) is 1. The molecule has 4 heteroatoms. The zero-order chi connectivity index (χ0) is 10.8. The highest BCUT2D eigenvalue weighted by atomic mass is 16.4. The zero-order valence-corrected chi connectivity index (χ0v) is 8.18. The zero-order valence-electron chi connectivity index (χ0n) is 8.18.